The van der Waals surface area contributed by atoms with Crippen molar-refractivity contribution in [2.24, 2.45) is 10.9 Å². The van der Waals surface area contributed by atoms with Crippen molar-refractivity contribution in [2.75, 3.05) is 13.2 Å². The summed E-state index contributed by atoms with van der Waals surface area (Å²) in [6.45, 7) is 5.84. The van der Waals surface area contributed by atoms with Gasteiger partial charge in [0.1, 0.15) is 0 Å². The Morgan fingerprint density at radius 3 is 2.82 bits per heavy atom. The van der Waals surface area contributed by atoms with Gasteiger partial charge in [-0.1, -0.05) is 13.8 Å². The second-order valence-corrected chi connectivity index (χ2v) is 4.88. The maximum atomic E-state index is 5.82. The van der Waals surface area contributed by atoms with E-state index in [1.54, 1.807) is 0 Å². The van der Waals surface area contributed by atoms with E-state index < -0.39 is 0 Å². The van der Waals surface area contributed by atoms with E-state index in [1.807, 2.05) is 12.1 Å². The summed E-state index contributed by atoms with van der Waals surface area (Å²) >= 11 is 0. The standard InChI is InChI=1S/C14H17NO2/c1-9(2)12-8-10-11(15-12)4-5-13-14(10)17-7-3-6-16-13/h4-5,9H,3,6-8H2,1-2H3. The number of nitrogens with zero attached hydrogens (tertiary/aromatic N) is 1. The molecular weight excluding hydrogens is 214 g/mol. The zero-order chi connectivity index (χ0) is 11.8. The highest BCUT2D eigenvalue weighted by Gasteiger charge is 2.24. The van der Waals surface area contributed by atoms with Gasteiger partial charge < -0.3 is 9.47 Å². The van der Waals surface area contributed by atoms with Gasteiger partial charge >= 0.3 is 0 Å². The van der Waals surface area contributed by atoms with Crippen LogP contribution in [-0.4, -0.2) is 18.9 Å². The maximum absolute atomic E-state index is 5.82. The third-order valence-corrected chi connectivity index (χ3v) is 3.28. The van der Waals surface area contributed by atoms with Crippen LogP contribution in [0.25, 0.3) is 0 Å². The minimum Gasteiger partial charge on any atom is -0.490 e. The van der Waals surface area contributed by atoms with E-state index >= 15 is 0 Å². The molecule has 1 aromatic rings. The summed E-state index contributed by atoms with van der Waals surface area (Å²) in [5.41, 5.74) is 3.49. The first kappa shape index (κ1) is 10.6. The number of fused-ring (bicyclic) bond motifs is 3. The van der Waals surface area contributed by atoms with Gasteiger partial charge in [0.25, 0.3) is 0 Å². The second kappa shape index (κ2) is 4.06. The fourth-order valence-corrected chi connectivity index (χ4v) is 2.27. The van der Waals surface area contributed by atoms with Crippen molar-refractivity contribution in [1.82, 2.24) is 0 Å². The fraction of sp³-hybridized carbons (Fsp3) is 0.500. The van der Waals surface area contributed by atoms with Crippen molar-refractivity contribution in [3.05, 3.63) is 17.7 Å². The van der Waals surface area contributed by atoms with Gasteiger partial charge in [0.2, 0.25) is 0 Å². The lowest BCUT2D eigenvalue weighted by Crippen LogP contribution is -2.07. The van der Waals surface area contributed by atoms with Crippen molar-refractivity contribution < 1.29 is 9.47 Å². The molecule has 0 amide bonds. The van der Waals surface area contributed by atoms with E-state index in [4.69, 9.17) is 9.47 Å². The quantitative estimate of drug-likeness (QED) is 0.743. The summed E-state index contributed by atoms with van der Waals surface area (Å²) in [7, 11) is 0. The van der Waals surface area contributed by atoms with Gasteiger partial charge in [0.15, 0.2) is 11.5 Å². The summed E-state index contributed by atoms with van der Waals surface area (Å²) in [6, 6.07) is 4.02. The Balaban J connectivity index is 2.01. The third kappa shape index (κ3) is 1.79. The first-order valence-corrected chi connectivity index (χ1v) is 6.24. The summed E-state index contributed by atoms with van der Waals surface area (Å²) in [6.07, 6.45) is 1.85. The number of ether oxygens (including phenoxy) is 2. The highest BCUT2D eigenvalue weighted by Crippen LogP contribution is 2.42. The van der Waals surface area contributed by atoms with E-state index in [9.17, 15) is 0 Å². The van der Waals surface area contributed by atoms with E-state index in [0.717, 1.165) is 43.2 Å². The van der Waals surface area contributed by atoms with E-state index in [-0.39, 0.29) is 0 Å². The summed E-state index contributed by atoms with van der Waals surface area (Å²) < 4.78 is 11.5. The molecule has 2 heterocycles. The van der Waals surface area contributed by atoms with Gasteiger partial charge in [0, 0.05) is 24.1 Å². The lowest BCUT2D eigenvalue weighted by atomic mass is 10.0. The molecule has 90 valence electrons. The Labute approximate surface area is 101 Å². The van der Waals surface area contributed by atoms with Crippen LogP contribution in [0, 0.1) is 5.92 Å². The van der Waals surface area contributed by atoms with E-state index in [1.165, 1.54) is 11.3 Å². The predicted molar refractivity (Wildman–Crippen MR) is 67.7 cm³/mol. The van der Waals surface area contributed by atoms with Crippen LogP contribution >= 0.6 is 0 Å². The zero-order valence-electron chi connectivity index (χ0n) is 10.3. The lowest BCUT2D eigenvalue weighted by molar-refractivity contribution is 0.296. The Morgan fingerprint density at radius 1 is 1.18 bits per heavy atom. The average molecular weight is 231 g/mol. The van der Waals surface area contributed by atoms with Crippen molar-refractivity contribution in [3.63, 3.8) is 0 Å². The van der Waals surface area contributed by atoms with Gasteiger partial charge in [-0.05, 0) is 18.1 Å². The number of aliphatic imine (C=N–C) groups is 1. The van der Waals surface area contributed by atoms with Crippen LogP contribution in [-0.2, 0) is 6.42 Å². The highest BCUT2D eigenvalue weighted by molar-refractivity contribution is 5.96. The smallest absolute Gasteiger partial charge is 0.166 e. The summed E-state index contributed by atoms with van der Waals surface area (Å²) in [4.78, 5) is 4.67. The highest BCUT2D eigenvalue weighted by atomic mass is 16.5. The van der Waals surface area contributed by atoms with Gasteiger partial charge in [-0.15, -0.1) is 0 Å². The molecule has 0 atom stereocenters. The van der Waals surface area contributed by atoms with Crippen LogP contribution in [0.15, 0.2) is 17.1 Å². The molecule has 0 bridgehead atoms. The minimum absolute atomic E-state index is 0.491. The lowest BCUT2D eigenvalue weighted by Gasteiger charge is -2.11. The number of benzene rings is 1. The Hall–Kier alpha value is -1.51. The average Bonchev–Trinajstić information content (AvgIpc) is 2.61. The van der Waals surface area contributed by atoms with Crippen LogP contribution < -0.4 is 9.47 Å². The molecule has 1 aromatic carbocycles. The van der Waals surface area contributed by atoms with Crippen LogP contribution in [0.4, 0.5) is 5.69 Å². The largest absolute Gasteiger partial charge is 0.490 e. The molecule has 2 aliphatic heterocycles. The molecule has 3 heteroatoms. The maximum Gasteiger partial charge on any atom is 0.166 e. The summed E-state index contributed by atoms with van der Waals surface area (Å²) in [5, 5.41) is 0. The number of hydrogen-bond acceptors (Lipinski definition) is 3. The van der Waals surface area contributed by atoms with Crippen molar-refractivity contribution in [2.45, 2.75) is 26.7 Å². The first-order valence-electron chi connectivity index (χ1n) is 6.24. The second-order valence-electron chi connectivity index (χ2n) is 4.88. The Kier molecular flexibility index (Phi) is 2.54. The van der Waals surface area contributed by atoms with Crippen molar-refractivity contribution in [3.8, 4) is 11.5 Å². The summed E-state index contributed by atoms with van der Waals surface area (Å²) in [5.74, 6) is 2.28. The normalized spacial score (nSPS) is 17.7. The first-order chi connectivity index (χ1) is 8.25. The molecule has 3 rings (SSSR count). The minimum atomic E-state index is 0.491. The number of rotatable bonds is 1. The molecule has 0 N–H and O–H groups in total. The fourth-order valence-electron chi connectivity index (χ4n) is 2.27. The van der Waals surface area contributed by atoms with Gasteiger partial charge in [0.05, 0.1) is 18.9 Å². The van der Waals surface area contributed by atoms with Crippen LogP contribution in [0.2, 0.25) is 0 Å². The predicted octanol–water partition coefficient (Wildman–Crippen LogP) is 3.13. The molecule has 0 aromatic heterocycles. The molecule has 0 radical (unpaired) electrons. The third-order valence-electron chi connectivity index (χ3n) is 3.28. The van der Waals surface area contributed by atoms with Gasteiger partial charge in [-0.25, -0.2) is 0 Å². The topological polar surface area (TPSA) is 30.8 Å². The molecule has 0 spiro atoms. The van der Waals surface area contributed by atoms with Crippen molar-refractivity contribution in [1.29, 1.82) is 0 Å². The van der Waals surface area contributed by atoms with Crippen LogP contribution in [0.3, 0.4) is 0 Å². The van der Waals surface area contributed by atoms with Crippen LogP contribution in [0.1, 0.15) is 25.8 Å². The van der Waals surface area contributed by atoms with E-state index in [2.05, 4.69) is 18.8 Å². The molecule has 0 aliphatic carbocycles. The van der Waals surface area contributed by atoms with Crippen molar-refractivity contribution >= 4 is 11.4 Å². The molecule has 17 heavy (non-hydrogen) atoms. The Morgan fingerprint density at radius 2 is 2.00 bits per heavy atom. The van der Waals surface area contributed by atoms with Gasteiger partial charge in [-0.2, -0.15) is 0 Å². The molecule has 0 unspecified atom stereocenters. The SMILES string of the molecule is CC(C)C1=Nc2ccc3c(c2C1)OCCCO3. The molecule has 3 nitrogen and oxygen atoms in total. The molecule has 0 fully saturated rings. The zero-order valence-corrected chi connectivity index (χ0v) is 10.3. The van der Waals surface area contributed by atoms with E-state index in [0.29, 0.717) is 5.92 Å². The number of hydrogen-bond donors (Lipinski definition) is 0. The molecular formula is C14H17NO2. The van der Waals surface area contributed by atoms with Gasteiger partial charge in [-0.3, -0.25) is 4.99 Å². The molecule has 0 saturated carbocycles. The Bertz CT molecular complexity index is 477. The molecule has 2 aliphatic rings. The molecule has 0 saturated heterocycles. The monoisotopic (exact) mass is 231 g/mol. The van der Waals surface area contributed by atoms with Crippen LogP contribution in [0.5, 0.6) is 11.5 Å².